The highest BCUT2D eigenvalue weighted by molar-refractivity contribution is 7.81. The minimum Gasteiger partial charge on any atom is -0.494 e. The number of rotatable bonds is 5. The lowest BCUT2D eigenvalue weighted by Crippen LogP contribution is -2.56. The molecule has 4 rings (SSSR count). The standard InChI is InChI=1S/C23H18N2O3S2/c1-2-28-18-12-10-17(11-13-18)25-22(27)20(15-19-9-6-14-30-19)21(26)24(23(25)29)16-7-4-3-5-8-16/h3-15H,2H2,1H3/b20-15-. The Morgan fingerprint density at radius 3 is 2.10 bits per heavy atom. The average Bonchev–Trinajstić information content (AvgIpc) is 3.27. The first kappa shape index (κ1) is 20.0. The van der Waals surface area contributed by atoms with Crippen LogP contribution in [-0.2, 0) is 9.59 Å². The molecule has 150 valence electrons. The zero-order chi connectivity index (χ0) is 21.1. The van der Waals surface area contributed by atoms with Crippen molar-refractivity contribution >= 4 is 57.9 Å². The van der Waals surface area contributed by atoms with Crippen molar-refractivity contribution in [1.29, 1.82) is 0 Å². The molecule has 2 amide bonds. The maximum absolute atomic E-state index is 13.4. The third kappa shape index (κ3) is 3.77. The minimum absolute atomic E-state index is 0.0591. The van der Waals surface area contributed by atoms with Crippen molar-refractivity contribution in [3.63, 3.8) is 0 Å². The van der Waals surface area contributed by atoms with Gasteiger partial charge in [0.25, 0.3) is 11.8 Å². The van der Waals surface area contributed by atoms with Gasteiger partial charge in [-0.2, -0.15) is 0 Å². The van der Waals surface area contributed by atoms with Crippen molar-refractivity contribution in [3.05, 3.63) is 82.6 Å². The van der Waals surface area contributed by atoms with Gasteiger partial charge in [0, 0.05) is 4.88 Å². The van der Waals surface area contributed by atoms with E-state index >= 15 is 0 Å². The molecule has 1 aromatic heterocycles. The Morgan fingerprint density at radius 2 is 1.53 bits per heavy atom. The maximum Gasteiger partial charge on any atom is 0.270 e. The van der Waals surface area contributed by atoms with Crippen molar-refractivity contribution in [3.8, 4) is 5.75 Å². The Kier molecular flexibility index (Phi) is 5.74. The van der Waals surface area contributed by atoms with Gasteiger partial charge in [-0.05, 0) is 73.1 Å². The van der Waals surface area contributed by atoms with E-state index < -0.39 is 11.8 Å². The van der Waals surface area contributed by atoms with Crippen LogP contribution in [0.3, 0.4) is 0 Å². The predicted octanol–water partition coefficient (Wildman–Crippen LogP) is 4.90. The van der Waals surface area contributed by atoms with Gasteiger partial charge in [-0.1, -0.05) is 24.3 Å². The molecule has 1 aliphatic heterocycles. The second kappa shape index (κ2) is 8.61. The number of hydrogen-bond acceptors (Lipinski definition) is 5. The number of para-hydroxylation sites is 1. The third-order valence-corrected chi connectivity index (χ3v) is 5.68. The van der Waals surface area contributed by atoms with Gasteiger partial charge >= 0.3 is 0 Å². The highest BCUT2D eigenvalue weighted by atomic mass is 32.1. The summed E-state index contributed by atoms with van der Waals surface area (Å²) in [5, 5.41) is 2.01. The largest absolute Gasteiger partial charge is 0.494 e. The predicted molar refractivity (Wildman–Crippen MR) is 124 cm³/mol. The molecule has 30 heavy (non-hydrogen) atoms. The minimum atomic E-state index is -0.449. The summed E-state index contributed by atoms with van der Waals surface area (Å²) in [5.41, 5.74) is 1.23. The molecular weight excluding hydrogens is 416 g/mol. The monoisotopic (exact) mass is 434 g/mol. The first-order valence-electron chi connectivity index (χ1n) is 9.36. The molecule has 1 fully saturated rings. The SMILES string of the molecule is CCOc1ccc(N2C(=O)/C(=C\c3cccs3)C(=O)N(c3ccccc3)C2=S)cc1. The molecule has 0 radical (unpaired) electrons. The number of benzene rings is 2. The molecule has 0 unspecified atom stereocenters. The summed E-state index contributed by atoms with van der Waals surface area (Å²) in [6, 6.07) is 19.9. The van der Waals surface area contributed by atoms with E-state index in [2.05, 4.69) is 0 Å². The van der Waals surface area contributed by atoms with Crippen LogP contribution >= 0.6 is 23.6 Å². The summed E-state index contributed by atoms with van der Waals surface area (Å²) in [7, 11) is 0. The zero-order valence-electron chi connectivity index (χ0n) is 16.1. The highest BCUT2D eigenvalue weighted by Gasteiger charge is 2.41. The van der Waals surface area contributed by atoms with Crippen LogP contribution in [0.1, 0.15) is 11.8 Å². The normalized spacial score (nSPS) is 15.8. The summed E-state index contributed by atoms with van der Waals surface area (Å²) in [4.78, 5) is 30.3. The first-order chi connectivity index (χ1) is 14.6. The lowest BCUT2D eigenvalue weighted by molar-refractivity contribution is -0.120. The summed E-state index contributed by atoms with van der Waals surface area (Å²) in [6.45, 7) is 2.45. The fraction of sp³-hybridized carbons (Fsp3) is 0.0870. The molecule has 1 saturated heterocycles. The molecule has 0 atom stereocenters. The van der Waals surface area contributed by atoms with E-state index in [1.54, 1.807) is 42.5 Å². The number of anilines is 2. The second-order valence-corrected chi connectivity index (χ2v) is 7.74. The van der Waals surface area contributed by atoms with Crippen LogP contribution in [0.15, 0.2) is 77.7 Å². The van der Waals surface area contributed by atoms with E-state index in [-0.39, 0.29) is 10.7 Å². The van der Waals surface area contributed by atoms with Crippen molar-refractivity contribution in [2.45, 2.75) is 6.92 Å². The molecule has 0 N–H and O–H groups in total. The Morgan fingerprint density at radius 1 is 0.900 bits per heavy atom. The fourth-order valence-electron chi connectivity index (χ4n) is 3.14. The van der Waals surface area contributed by atoms with Gasteiger partial charge in [-0.15, -0.1) is 11.3 Å². The summed E-state index contributed by atoms with van der Waals surface area (Å²) >= 11 is 7.06. The van der Waals surface area contributed by atoms with Gasteiger partial charge < -0.3 is 4.74 Å². The van der Waals surface area contributed by atoms with Crippen LogP contribution in [0.4, 0.5) is 11.4 Å². The van der Waals surface area contributed by atoms with E-state index in [9.17, 15) is 9.59 Å². The van der Waals surface area contributed by atoms with E-state index in [0.29, 0.717) is 23.7 Å². The van der Waals surface area contributed by atoms with Gasteiger partial charge in [0.1, 0.15) is 11.3 Å². The number of thiocarbonyl (C=S) groups is 1. The lowest BCUT2D eigenvalue weighted by Gasteiger charge is -2.36. The van der Waals surface area contributed by atoms with Crippen LogP contribution in [0.25, 0.3) is 6.08 Å². The molecule has 0 saturated carbocycles. The van der Waals surface area contributed by atoms with Crippen molar-refractivity contribution in [2.24, 2.45) is 0 Å². The molecule has 7 heteroatoms. The molecule has 0 spiro atoms. The van der Waals surface area contributed by atoms with Gasteiger partial charge in [0.05, 0.1) is 18.0 Å². The van der Waals surface area contributed by atoms with E-state index in [4.69, 9.17) is 17.0 Å². The van der Waals surface area contributed by atoms with Crippen molar-refractivity contribution in [2.75, 3.05) is 16.4 Å². The molecule has 0 bridgehead atoms. The highest BCUT2D eigenvalue weighted by Crippen LogP contribution is 2.31. The van der Waals surface area contributed by atoms with Crippen LogP contribution in [0.5, 0.6) is 5.75 Å². The Bertz CT molecular complexity index is 1110. The van der Waals surface area contributed by atoms with Crippen molar-refractivity contribution < 1.29 is 14.3 Å². The molecule has 2 heterocycles. The third-order valence-electron chi connectivity index (χ3n) is 4.50. The van der Waals surface area contributed by atoms with E-state index in [1.807, 2.05) is 42.6 Å². The van der Waals surface area contributed by atoms with Gasteiger partial charge in [-0.25, -0.2) is 0 Å². The Balaban J connectivity index is 1.81. The number of carbonyl (C=O) groups excluding carboxylic acids is 2. The van der Waals surface area contributed by atoms with Crippen LogP contribution < -0.4 is 14.5 Å². The number of carbonyl (C=O) groups is 2. The molecule has 5 nitrogen and oxygen atoms in total. The zero-order valence-corrected chi connectivity index (χ0v) is 17.8. The molecule has 2 aromatic carbocycles. The van der Waals surface area contributed by atoms with Gasteiger partial charge in [-0.3, -0.25) is 19.4 Å². The first-order valence-corrected chi connectivity index (χ1v) is 10.6. The smallest absolute Gasteiger partial charge is 0.270 e. The number of nitrogens with zero attached hydrogens (tertiary/aromatic N) is 2. The van der Waals surface area contributed by atoms with Gasteiger partial charge in [0.15, 0.2) is 5.11 Å². The fourth-order valence-corrected chi connectivity index (χ4v) is 4.17. The number of thiophene rings is 1. The number of ether oxygens (including phenoxy) is 1. The second-order valence-electron chi connectivity index (χ2n) is 6.40. The topological polar surface area (TPSA) is 49.9 Å². The average molecular weight is 435 g/mol. The number of amides is 2. The lowest BCUT2D eigenvalue weighted by atomic mass is 10.1. The van der Waals surface area contributed by atoms with E-state index in [0.717, 1.165) is 4.88 Å². The summed E-state index contributed by atoms with van der Waals surface area (Å²) in [6.07, 6.45) is 1.62. The summed E-state index contributed by atoms with van der Waals surface area (Å²) in [5.74, 6) is -0.191. The molecule has 3 aromatic rings. The van der Waals surface area contributed by atoms with Gasteiger partial charge in [0.2, 0.25) is 0 Å². The Labute approximate surface area is 183 Å². The molecular formula is C23H18N2O3S2. The number of hydrogen-bond donors (Lipinski definition) is 0. The van der Waals surface area contributed by atoms with Crippen molar-refractivity contribution in [1.82, 2.24) is 0 Å². The maximum atomic E-state index is 13.4. The van der Waals surface area contributed by atoms with E-state index in [1.165, 1.54) is 21.1 Å². The quantitative estimate of drug-likeness (QED) is 0.326. The molecule has 0 aliphatic carbocycles. The summed E-state index contributed by atoms with van der Waals surface area (Å²) < 4.78 is 5.49. The molecule has 1 aliphatic rings. The van der Waals surface area contributed by atoms with Crippen LogP contribution in [0.2, 0.25) is 0 Å². The Hall–Kier alpha value is -3.29. The van der Waals surface area contributed by atoms with Crippen LogP contribution in [0, 0.1) is 0 Å². The van der Waals surface area contributed by atoms with Crippen LogP contribution in [-0.4, -0.2) is 23.5 Å².